The van der Waals surface area contributed by atoms with Gasteiger partial charge in [-0.2, -0.15) is 0 Å². The molecule has 3 N–H and O–H groups in total. The predicted octanol–water partition coefficient (Wildman–Crippen LogP) is 0.804. The molecule has 1 aromatic carbocycles. The molecule has 1 amide bonds. The van der Waals surface area contributed by atoms with E-state index >= 15 is 0 Å². The van der Waals surface area contributed by atoms with Crippen LogP contribution in [0.5, 0.6) is 0 Å². The summed E-state index contributed by atoms with van der Waals surface area (Å²) in [6.45, 7) is 2.40. The fourth-order valence-corrected chi connectivity index (χ4v) is 2.15. The van der Waals surface area contributed by atoms with Crippen molar-refractivity contribution in [2.75, 3.05) is 32.1 Å². The van der Waals surface area contributed by atoms with Crippen LogP contribution in [0.4, 0.5) is 5.69 Å². The van der Waals surface area contributed by atoms with Gasteiger partial charge >= 0.3 is 0 Å². The average Bonchev–Trinajstić information content (AvgIpc) is 2.93. The van der Waals surface area contributed by atoms with Crippen molar-refractivity contribution < 1.29 is 9.53 Å². The van der Waals surface area contributed by atoms with E-state index < -0.39 is 0 Å². The minimum atomic E-state index is -0.00472. The first-order valence-corrected chi connectivity index (χ1v) is 6.56. The summed E-state index contributed by atoms with van der Waals surface area (Å²) in [5, 5.41) is 2.89. The van der Waals surface area contributed by atoms with E-state index in [2.05, 4.69) is 5.32 Å². The Morgan fingerprint density at radius 2 is 2.21 bits per heavy atom. The molecule has 5 heteroatoms. The molecule has 1 heterocycles. The molecule has 1 aromatic rings. The van der Waals surface area contributed by atoms with Crippen molar-refractivity contribution in [2.45, 2.75) is 19.0 Å². The zero-order valence-corrected chi connectivity index (χ0v) is 11.3. The molecule has 0 bridgehead atoms. The number of benzene rings is 1. The summed E-state index contributed by atoms with van der Waals surface area (Å²) in [5.74, 6) is -0.00472. The fraction of sp³-hybridized carbons (Fsp3) is 0.500. The quantitative estimate of drug-likeness (QED) is 0.825. The fourth-order valence-electron chi connectivity index (χ4n) is 2.15. The van der Waals surface area contributed by atoms with Gasteiger partial charge in [0, 0.05) is 24.9 Å². The minimum Gasteiger partial charge on any atom is -0.380 e. The maximum atomic E-state index is 11.9. The molecule has 0 aliphatic carbocycles. The topological polar surface area (TPSA) is 67.6 Å². The normalized spacial score (nSPS) is 18.8. The molecule has 5 nitrogen and oxygen atoms in total. The molecule has 0 saturated carbocycles. The molecule has 1 aliphatic heterocycles. The number of nitrogens with two attached hydrogens (primary N) is 1. The van der Waals surface area contributed by atoms with E-state index in [1.807, 2.05) is 36.2 Å². The smallest absolute Gasteiger partial charge is 0.238 e. The number of carbonyl (C=O) groups excluding carboxylic acids is 1. The van der Waals surface area contributed by atoms with Crippen LogP contribution in [0.25, 0.3) is 0 Å². The third kappa shape index (κ3) is 4.02. The van der Waals surface area contributed by atoms with Crippen molar-refractivity contribution in [1.29, 1.82) is 0 Å². The number of likely N-dealkylation sites (N-methyl/N-ethyl adjacent to an activating group) is 1. The van der Waals surface area contributed by atoms with Crippen molar-refractivity contribution in [2.24, 2.45) is 5.73 Å². The number of amides is 1. The summed E-state index contributed by atoms with van der Waals surface area (Å²) in [6, 6.07) is 7.94. The van der Waals surface area contributed by atoms with E-state index in [4.69, 9.17) is 10.5 Å². The van der Waals surface area contributed by atoms with Crippen LogP contribution in [-0.4, -0.2) is 43.7 Å². The van der Waals surface area contributed by atoms with Crippen molar-refractivity contribution in [3.8, 4) is 0 Å². The second kappa shape index (κ2) is 6.65. The number of anilines is 1. The summed E-state index contributed by atoms with van der Waals surface area (Å²) < 4.78 is 5.32. The number of hydrogen-bond acceptors (Lipinski definition) is 4. The Morgan fingerprint density at radius 1 is 1.47 bits per heavy atom. The Bertz CT molecular complexity index is 413. The second-order valence-electron chi connectivity index (χ2n) is 4.88. The van der Waals surface area contributed by atoms with Crippen LogP contribution in [0.3, 0.4) is 0 Å². The first-order chi connectivity index (χ1) is 9.19. The van der Waals surface area contributed by atoms with Crippen molar-refractivity contribution in [1.82, 2.24) is 4.90 Å². The number of carbonyl (C=O) groups is 1. The molecule has 1 saturated heterocycles. The average molecular weight is 263 g/mol. The van der Waals surface area contributed by atoms with Gasteiger partial charge in [-0.3, -0.25) is 9.69 Å². The Kier molecular flexibility index (Phi) is 4.90. The van der Waals surface area contributed by atoms with E-state index in [1.54, 1.807) is 0 Å². The molecule has 104 valence electrons. The van der Waals surface area contributed by atoms with E-state index in [-0.39, 0.29) is 5.91 Å². The number of hydrogen-bond donors (Lipinski definition) is 2. The number of ether oxygens (including phenoxy) is 1. The number of nitrogens with zero attached hydrogens (tertiary/aromatic N) is 1. The lowest BCUT2D eigenvalue weighted by molar-refractivity contribution is -0.117. The number of rotatable bonds is 5. The summed E-state index contributed by atoms with van der Waals surface area (Å²) in [7, 11) is 1.95. The molecular weight excluding hydrogens is 242 g/mol. The highest BCUT2D eigenvalue weighted by Gasteiger charge is 2.21. The zero-order valence-electron chi connectivity index (χ0n) is 11.3. The van der Waals surface area contributed by atoms with Crippen molar-refractivity contribution in [3.63, 3.8) is 0 Å². The van der Waals surface area contributed by atoms with E-state index in [0.717, 1.165) is 30.9 Å². The predicted molar refractivity (Wildman–Crippen MR) is 74.8 cm³/mol. The van der Waals surface area contributed by atoms with Gasteiger partial charge in [-0.15, -0.1) is 0 Å². The molecular formula is C14H21N3O2. The first kappa shape index (κ1) is 14.0. The van der Waals surface area contributed by atoms with Crippen LogP contribution >= 0.6 is 0 Å². The van der Waals surface area contributed by atoms with Crippen LogP contribution in [0, 0.1) is 0 Å². The zero-order chi connectivity index (χ0) is 13.7. The highest BCUT2D eigenvalue weighted by Crippen LogP contribution is 2.12. The lowest BCUT2D eigenvalue weighted by Crippen LogP contribution is -2.38. The summed E-state index contributed by atoms with van der Waals surface area (Å²) in [5.41, 5.74) is 7.39. The molecule has 1 atom stereocenters. The van der Waals surface area contributed by atoms with E-state index in [0.29, 0.717) is 19.1 Å². The molecule has 2 rings (SSSR count). The third-order valence-corrected chi connectivity index (χ3v) is 3.40. The summed E-state index contributed by atoms with van der Waals surface area (Å²) >= 11 is 0. The molecule has 0 spiro atoms. The van der Waals surface area contributed by atoms with Crippen LogP contribution in [0.1, 0.15) is 12.0 Å². The molecule has 0 radical (unpaired) electrons. The molecule has 1 fully saturated rings. The van der Waals surface area contributed by atoms with Gasteiger partial charge in [0.25, 0.3) is 0 Å². The van der Waals surface area contributed by atoms with Crippen molar-refractivity contribution in [3.05, 3.63) is 29.8 Å². The first-order valence-electron chi connectivity index (χ1n) is 6.56. The van der Waals surface area contributed by atoms with Crippen LogP contribution in [-0.2, 0) is 16.1 Å². The minimum absolute atomic E-state index is 0.00472. The Morgan fingerprint density at radius 3 is 2.79 bits per heavy atom. The third-order valence-electron chi connectivity index (χ3n) is 3.40. The Labute approximate surface area is 113 Å². The highest BCUT2D eigenvalue weighted by molar-refractivity contribution is 5.92. The van der Waals surface area contributed by atoms with Gasteiger partial charge in [-0.05, 0) is 31.2 Å². The van der Waals surface area contributed by atoms with Gasteiger partial charge < -0.3 is 15.8 Å². The lowest BCUT2D eigenvalue weighted by Gasteiger charge is -2.22. The lowest BCUT2D eigenvalue weighted by atomic mass is 10.2. The van der Waals surface area contributed by atoms with Crippen molar-refractivity contribution >= 4 is 11.6 Å². The number of nitrogens with one attached hydrogen (secondary N) is 1. The maximum absolute atomic E-state index is 11.9. The van der Waals surface area contributed by atoms with Gasteiger partial charge in [0.05, 0.1) is 13.2 Å². The van der Waals surface area contributed by atoms with Gasteiger partial charge in [0.15, 0.2) is 0 Å². The molecule has 19 heavy (non-hydrogen) atoms. The maximum Gasteiger partial charge on any atom is 0.238 e. The van der Waals surface area contributed by atoms with Gasteiger partial charge in [-0.1, -0.05) is 12.1 Å². The highest BCUT2D eigenvalue weighted by atomic mass is 16.5. The van der Waals surface area contributed by atoms with Gasteiger partial charge in [0.1, 0.15) is 0 Å². The largest absolute Gasteiger partial charge is 0.380 e. The van der Waals surface area contributed by atoms with E-state index in [1.165, 1.54) is 0 Å². The van der Waals surface area contributed by atoms with Crippen LogP contribution < -0.4 is 11.1 Å². The van der Waals surface area contributed by atoms with E-state index in [9.17, 15) is 4.79 Å². The SMILES string of the molecule is CN(CC(=O)Nc1ccc(CN)cc1)C1CCOC1. The standard InChI is InChI=1S/C14H21N3O2/c1-17(13-6-7-19-10-13)9-14(18)16-12-4-2-11(8-15)3-5-12/h2-5,13H,6-10,15H2,1H3,(H,16,18). The molecule has 1 unspecified atom stereocenters. The molecule has 0 aromatic heterocycles. The van der Waals surface area contributed by atoms with Gasteiger partial charge in [-0.25, -0.2) is 0 Å². The summed E-state index contributed by atoms with van der Waals surface area (Å²) in [6.07, 6.45) is 0.995. The van der Waals surface area contributed by atoms with Crippen LogP contribution in [0.15, 0.2) is 24.3 Å². The monoisotopic (exact) mass is 263 g/mol. The molecule has 1 aliphatic rings. The Balaban J connectivity index is 1.82. The van der Waals surface area contributed by atoms with Gasteiger partial charge in [0.2, 0.25) is 5.91 Å². The Hall–Kier alpha value is -1.43. The second-order valence-corrected chi connectivity index (χ2v) is 4.88. The summed E-state index contributed by atoms with van der Waals surface area (Å²) in [4.78, 5) is 14.0. The van der Waals surface area contributed by atoms with Crippen LogP contribution in [0.2, 0.25) is 0 Å².